The number of nitrogens with one attached hydrogen (secondary N) is 1. The van der Waals surface area contributed by atoms with Crippen LogP contribution in [0.4, 0.5) is 0 Å². The van der Waals surface area contributed by atoms with Crippen LogP contribution in [0.15, 0.2) is 29.0 Å². The van der Waals surface area contributed by atoms with Gasteiger partial charge in [0.2, 0.25) is 0 Å². The molecule has 3 heterocycles. The molecule has 1 atom stereocenters. The van der Waals surface area contributed by atoms with Gasteiger partial charge in [-0.25, -0.2) is 0 Å². The minimum absolute atomic E-state index is 0.128. The van der Waals surface area contributed by atoms with Gasteiger partial charge in [0.05, 0.1) is 30.7 Å². The van der Waals surface area contributed by atoms with Crippen molar-refractivity contribution in [2.75, 3.05) is 13.2 Å². The monoisotopic (exact) mass is 275 g/mol. The molecule has 6 heteroatoms. The molecule has 0 saturated carbocycles. The summed E-state index contributed by atoms with van der Waals surface area (Å²) in [4.78, 5) is 12.3. The molecule has 0 spiro atoms. The van der Waals surface area contributed by atoms with Crippen molar-refractivity contribution in [2.24, 2.45) is 7.05 Å². The van der Waals surface area contributed by atoms with Crippen LogP contribution in [0.25, 0.3) is 0 Å². The maximum Gasteiger partial charge on any atom is 0.255 e. The van der Waals surface area contributed by atoms with Crippen molar-refractivity contribution in [1.82, 2.24) is 15.1 Å². The SMILES string of the molecule is Cn1cc(C(=O)NCc2ccco2)c(C2CCOC2)n1. The van der Waals surface area contributed by atoms with Gasteiger partial charge < -0.3 is 14.5 Å². The highest BCUT2D eigenvalue weighted by Crippen LogP contribution is 2.26. The third kappa shape index (κ3) is 2.60. The number of aromatic nitrogens is 2. The second kappa shape index (κ2) is 5.50. The number of ether oxygens (including phenoxy) is 1. The van der Waals surface area contributed by atoms with E-state index in [0.717, 1.165) is 24.5 Å². The smallest absolute Gasteiger partial charge is 0.255 e. The molecule has 20 heavy (non-hydrogen) atoms. The molecule has 0 aliphatic carbocycles. The quantitative estimate of drug-likeness (QED) is 0.917. The predicted octanol–water partition coefficient (Wildman–Crippen LogP) is 1.45. The minimum atomic E-state index is -0.128. The van der Waals surface area contributed by atoms with Gasteiger partial charge in [0, 0.05) is 25.8 Å². The van der Waals surface area contributed by atoms with Crippen LogP contribution in [0.3, 0.4) is 0 Å². The number of rotatable bonds is 4. The van der Waals surface area contributed by atoms with Crippen molar-refractivity contribution >= 4 is 5.91 Å². The molecule has 1 N–H and O–H groups in total. The molecule has 0 bridgehead atoms. The average Bonchev–Trinajstić information content (AvgIpc) is 3.16. The van der Waals surface area contributed by atoms with Crippen LogP contribution in [0.5, 0.6) is 0 Å². The van der Waals surface area contributed by atoms with E-state index in [1.807, 2.05) is 13.1 Å². The molecule has 3 rings (SSSR count). The fourth-order valence-corrected chi connectivity index (χ4v) is 2.41. The normalized spacial score (nSPS) is 18.4. The summed E-state index contributed by atoms with van der Waals surface area (Å²) in [6.07, 6.45) is 4.26. The fraction of sp³-hybridized carbons (Fsp3) is 0.429. The Morgan fingerprint density at radius 2 is 2.50 bits per heavy atom. The number of hydrogen-bond acceptors (Lipinski definition) is 4. The van der Waals surface area contributed by atoms with E-state index in [1.54, 1.807) is 23.2 Å². The largest absolute Gasteiger partial charge is 0.467 e. The standard InChI is InChI=1S/C14H17N3O3/c1-17-8-12(13(16-17)10-4-6-19-9-10)14(18)15-7-11-3-2-5-20-11/h2-3,5,8,10H,4,6-7,9H2,1H3,(H,15,18). The van der Waals surface area contributed by atoms with Crippen LogP contribution in [0, 0.1) is 0 Å². The number of furan rings is 1. The molecule has 2 aromatic heterocycles. The van der Waals surface area contributed by atoms with Gasteiger partial charge in [-0.15, -0.1) is 0 Å². The second-order valence-corrected chi connectivity index (χ2v) is 4.92. The summed E-state index contributed by atoms with van der Waals surface area (Å²) < 4.78 is 12.3. The maximum absolute atomic E-state index is 12.3. The Bertz CT molecular complexity index is 583. The molecule has 6 nitrogen and oxygen atoms in total. The molecule has 0 aromatic carbocycles. The Morgan fingerprint density at radius 1 is 1.60 bits per heavy atom. The number of nitrogens with zero attached hydrogens (tertiary/aromatic N) is 2. The predicted molar refractivity (Wildman–Crippen MR) is 71.3 cm³/mol. The molecule has 1 fully saturated rings. The van der Waals surface area contributed by atoms with Crippen molar-refractivity contribution in [2.45, 2.75) is 18.9 Å². The topological polar surface area (TPSA) is 69.3 Å². The first-order chi connectivity index (χ1) is 9.74. The fourth-order valence-electron chi connectivity index (χ4n) is 2.41. The second-order valence-electron chi connectivity index (χ2n) is 4.92. The summed E-state index contributed by atoms with van der Waals surface area (Å²) in [6.45, 7) is 1.74. The van der Waals surface area contributed by atoms with Crippen molar-refractivity contribution < 1.29 is 13.9 Å². The molecule has 106 valence electrons. The van der Waals surface area contributed by atoms with E-state index in [9.17, 15) is 4.79 Å². The van der Waals surface area contributed by atoms with Crippen molar-refractivity contribution in [3.63, 3.8) is 0 Å². The summed E-state index contributed by atoms with van der Waals surface area (Å²) in [7, 11) is 1.82. The lowest BCUT2D eigenvalue weighted by Gasteiger charge is -2.07. The third-order valence-corrected chi connectivity index (χ3v) is 3.42. The number of aryl methyl sites for hydroxylation is 1. The summed E-state index contributed by atoms with van der Waals surface area (Å²) in [5, 5.41) is 7.26. The first-order valence-corrected chi connectivity index (χ1v) is 6.66. The summed E-state index contributed by atoms with van der Waals surface area (Å²) >= 11 is 0. The maximum atomic E-state index is 12.3. The molecular formula is C14H17N3O3. The summed E-state index contributed by atoms with van der Waals surface area (Å²) in [6, 6.07) is 3.63. The van der Waals surface area contributed by atoms with E-state index in [-0.39, 0.29) is 11.8 Å². The van der Waals surface area contributed by atoms with E-state index >= 15 is 0 Å². The molecule has 1 aliphatic rings. The zero-order valence-corrected chi connectivity index (χ0v) is 11.3. The molecule has 2 aromatic rings. The van der Waals surface area contributed by atoms with Gasteiger partial charge in [-0.1, -0.05) is 0 Å². The lowest BCUT2D eigenvalue weighted by Crippen LogP contribution is -2.23. The Kier molecular flexibility index (Phi) is 3.56. The molecule has 1 saturated heterocycles. The van der Waals surface area contributed by atoms with E-state index in [2.05, 4.69) is 10.4 Å². The highest BCUT2D eigenvalue weighted by atomic mass is 16.5. The number of hydrogen-bond donors (Lipinski definition) is 1. The van der Waals surface area contributed by atoms with Crippen molar-refractivity contribution in [3.05, 3.63) is 41.6 Å². The van der Waals surface area contributed by atoms with Gasteiger partial charge in [0.15, 0.2) is 0 Å². The Labute approximate surface area is 116 Å². The highest BCUT2D eigenvalue weighted by Gasteiger charge is 2.26. The van der Waals surface area contributed by atoms with Gasteiger partial charge in [0.25, 0.3) is 5.91 Å². The highest BCUT2D eigenvalue weighted by molar-refractivity contribution is 5.95. The number of carbonyl (C=O) groups excluding carboxylic acids is 1. The van der Waals surface area contributed by atoms with Crippen LogP contribution < -0.4 is 5.32 Å². The van der Waals surface area contributed by atoms with Gasteiger partial charge in [0.1, 0.15) is 5.76 Å². The van der Waals surface area contributed by atoms with E-state index < -0.39 is 0 Å². The van der Waals surface area contributed by atoms with E-state index in [0.29, 0.717) is 18.7 Å². The van der Waals surface area contributed by atoms with E-state index in [4.69, 9.17) is 9.15 Å². The first-order valence-electron chi connectivity index (χ1n) is 6.66. The van der Waals surface area contributed by atoms with Crippen LogP contribution >= 0.6 is 0 Å². The van der Waals surface area contributed by atoms with Gasteiger partial charge in [-0.05, 0) is 18.6 Å². The Morgan fingerprint density at radius 3 is 3.20 bits per heavy atom. The number of carbonyl (C=O) groups is 1. The molecule has 1 amide bonds. The molecule has 1 aliphatic heterocycles. The zero-order valence-electron chi connectivity index (χ0n) is 11.3. The van der Waals surface area contributed by atoms with Crippen molar-refractivity contribution in [1.29, 1.82) is 0 Å². The molecule has 1 unspecified atom stereocenters. The molecular weight excluding hydrogens is 258 g/mol. The lowest BCUT2D eigenvalue weighted by molar-refractivity contribution is 0.0946. The third-order valence-electron chi connectivity index (χ3n) is 3.42. The van der Waals surface area contributed by atoms with Crippen LogP contribution in [-0.4, -0.2) is 28.9 Å². The average molecular weight is 275 g/mol. The minimum Gasteiger partial charge on any atom is -0.467 e. The van der Waals surface area contributed by atoms with E-state index in [1.165, 1.54) is 0 Å². The Hall–Kier alpha value is -2.08. The van der Waals surface area contributed by atoms with Gasteiger partial charge in [-0.3, -0.25) is 9.48 Å². The summed E-state index contributed by atoms with van der Waals surface area (Å²) in [5.41, 5.74) is 1.44. The van der Waals surface area contributed by atoms with Crippen molar-refractivity contribution in [3.8, 4) is 0 Å². The lowest BCUT2D eigenvalue weighted by atomic mass is 10.0. The van der Waals surface area contributed by atoms with Gasteiger partial charge >= 0.3 is 0 Å². The van der Waals surface area contributed by atoms with Crippen LogP contribution in [-0.2, 0) is 18.3 Å². The number of amides is 1. The van der Waals surface area contributed by atoms with Crippen LogP contribution in [0.2, 0.25) is 0 Å². The van der Waals surface area contributed by atoms with Crippen LogP contribution in [0.1, 0.15) is 34.2 Å². The first kappa shape index (κ1) is 12.9. The Balaban J connectivity index is 1.73. The molecule has 0 radical (unpaired) electrons. The summed E-state index contributed by atoms with van der Waals surface area (Å²) in [5.74, 6) is 0.810. The zero-order chi connectivity index (χ0) is 13.9. The van der Waals surface area contributed by atoms with Gasteiger partial charge in [-0.2, -0.15) is 5.10 Å².